The van der Waals surface area contributed by atoms with Gasteiger partial charge in [0.2, 0.25) is 0 Å². The largest absolute Gasteiger partial charge is 0.342 e. The average Bonchev–Trinajstić information content (AvgIpc) is 3.58. The normalized spacial score (nSPS) is 17.2. The van der Waals surface area contributed by atoms with Crippen LogP contribution in [-0.2, 0) is 7.05 Å². The summed E-state index contributed by atoms with van der Waals surface area (Å²) in [6.45, 7) is 0. The SMILES string of the molecule is Cn1c2ccccc2c2c(C3CCCCC3)cc(C3CCCCC3)c(-n3c(-c4ccccc4)nc4ccccc43)c21. The van der Waals surface area contributed by atoms with Crippen molar-refractivity contribution < 1.29 is 0 Å². The first kappa shape index (κ1) is 24.9. The highest BCUT2D eigenvalue weighted by molar-refractivity contribution is 6.13. The molecule has 0 spiro atoms. The number of aromatic nitrogens is 3. The number of imidazole rings is 1. The third-order valence-electron chi connectivity index (χ3n) is 10.1. The van der Waals surface area contributed by atoms with Gasteiger partial charge in [0.05, 0.1) is 22.2 Å². The monoisotopic (exact) mass is 537 g/mol. The lowest BCUT2D eigenvalue weighted by molar-refractivity contribution is 0.436. The van der Waals surface area contributed by atoms with Crippen LogP contribution in [-0.4, -0.2) is 14.1 Å². The Kier molecular flexibility index (Phi) is 6.20. The summed E-state index contributed by atoms with van der Waals surface area (Å²) in [4.78, 5) is 5.30. The van der Waals surface area contributed by atoms with Crippen molar-refractivity contribution in [1.82, 2.24) is 14.1 Å². The van der Waals surface area contributed by atoms with Crippen LogP contribution in [0.4, 0.5) is 0 Å². The van der Waals surface area contributed by atoms with Gasteiger partial charge in [-0.3, -0.25) is 4.57 Å². The Balaban J connectivity index is 1.55. The van der Waals surface area contributed by atoms with E-state index in [-0.39, 0.29) is 0 Å². The topological polar surface area (TPSA) is 22.8 Å². The molecule has 4 aromatic carbocycles. The minimum Gasteiger partial charge on any atom is -0.342 e. The standard InChI is InChI=1S/C38H39N3/c1-40-33-23-13-11-21-29(33)35-30(26-15-5-2-6-16-26)25-31(27-17-7-3-8-18-27)36(37(35)40)41-34-24-14-12-22-32(34)39-38(41)28-19-9-4-10-20-28/h4,9-14,19-27H,2-3,5-8,15-18H2,1H3. The molecule has 0 amide bonds. The first-order valence-corrected chi connectivity index (χ1v) is 15.9. The minimum absolute atomic E-state index is 0.577. The van der Waals surface area contributed by atoms with Gasteiger partial charge >= 0.3 is 0 Å². The lowest BCUT2D eigenvalue weighted by atomic mass is 9.77. The fraction of sp³-hybridized carbons (Fsp3) is 0.342. The van der Waals surface area contributed by atoms with Crippen LogP contribution < -0.4 is 0 Å². The number of para-hydroxylation sites is 3. The van der Waals surface area contributed by atoms with Crippen molar-refractivity contribution in [3.63, 3.8) is 0 Å². The van der Waals surface area contributed by atoms with Crippen LogP contribution in [0.5, 0.6) is 0 Å². The molecule has 2 aliphatic rings. The highest BCUT2D eigenvalue weighted by Gasteiger charge is 2.30. The summed E-state index contributed by atoms with van der Waals surface area (Å²) in [5, 5.41) is 2.87. The molecule has 0 radical (unpaired) electrons. The molecule has 3 nitrogen and oxygen atoms in total. The van der Waals surface area contributed by atoms with Gasteiger partial charge in [0.1, 0.15) is 5.82 Å². The lowest BCUT2D eigenvalue weighted by Crippen LogP contribution is -2.14. The van der Waals surface area contributed by atoms with E-state index in [1.807, 2.05) is 0 Å². The number of hydrogen-bond acceptors (Lipinski definition) is 1. The van der Waals surface area contributed by atoms with Crippen LogP contribution in [0.1, 0.15) is 87.2 Å². The highest BCUT2D eigenvalue weighted by atomic mass is 15.1. The van der Waals surface area contributed by atoms with E-state index in [1.165, 1.54) is 103 Å². The van der Waals surface area contributed by atoms with Gasteiger partial charge in [-0.1, -0.05) is 105 Å². The lowest BCUT2D eigenvalue weighted by Gasteiger charge is -2.30. The van der Waals surface area contributed by atoms with Crippen LogP contribution in [0.3, 0.4) is 0 Å². The van der Waals surface area contributed by atoms with Crippen molar-refractivity contribution >= 4 is 32.8 Å². The maximum atomic E-state index is 5.30. The fourth-order valence-electron chi connectivity index (χ4n) is 8.14. The molecule has 2 aromatic heterocycles. The fourth-order valence-corrected chi connectivity index (χ4v) is 8.14. The Morgan fingerprint density at radius 2 is 1.24 bits per heavy atom. The molecule has 8 rings (SSSR count). The second-order valence-corrected chi connectivity index (χ2v) is 12.5. The Labute approximate surface area is 242 Å². The van der Waals surface area contributed by atoms with E-state index in [9.17, 15) is 0 Å². The van der Waals surface area contributed by atoms with Gasteiger partial charge in [-0.05, 0) is 66.8 Å². The van der Waals surface area contributed by atoms with Gasteiger partial charge in [-0.25, -0.2) is 4.98 Å². The third kappa shape index (κ3) is 4.04. The van der Waals surface area contributed by atoms with Gasteiger partial charge in [0.15, 0.2) is 0 Å². The van der Waals surface area contributed by atoms with Crippen LogP contribution in [0.25, 0.3) is 49.9 Å². The van der Waals surface area contributed by atoms with E-state index in [4.69, 9.17) is 4.98 Å². The molecule has 0 bridgehead atoms. The van der Waals surface area contributed by atoms with Crippen molar-refractivity contribution in [2.45, 2.75) is 76.0 Å². The Hall–Kier alpha value is -3.85. The van der Waals surface area contributed by atoms with Gasteiger partial charge in [-0.15, -0.1) is 0 Å². The molecule has 0 aliphatic heterocycles. The van der Waals surface area contributed by atoms with Gasteiger partial charge < -0.3 is 4.57 Å². The van der Waals surface area contributed by atoms with Crippen molar-refractivity contribution in [3.8, 4) is 17.1 Å². The average molecular weight is 538 g/mol. The Morgan fingerprint density at radius 3 is 1.98 bits per heavy atom. The summed E-state index contributed by atoms with van der Waals surface area (Å²) in [7, 11) is 2.30. The van der Waals surface area contributed by atoms with Crippen LogP contribution in [0, 0.1) is 0 Å². The molecule has 0 unspecified atom stereocenters. The molecule has 0 N–H and O–H groups in total. The minimum atomic E-state index is 0.577. The van der Waals surface area contributed by atoms with Crippen LogP contribution in [0.2, 0.25) is 0 Å². The summed E-state index contributed by atoms with van der Waals surface area (Å²) in [5.74, 6) is 2.26. The summed E-state index contributed by atoms with van der Waals surface area (Å²) in [6, 6.07) is 31.3. The zero-order chi connectivity index (χ0) is 27.3. The molecule has 0 atom stereocenters. The maximum Gasteiger partial charge on any atom is 0.145 e. The maximum absolute atomic E-state index is 5.30. The predicted octanol–water partition coefficient (Wildman–Crippen LogP) is 10.4. The molecule has 2 saturated carbocycles. The van der Waals surface area contributed by atoms with E-state index in [2.05, 4.69) is 101 Å². The molecule has 2 heterocycles. The Morgan fingerprint density at radius 1 is 0.634 bits per heavy atom. The van der Waals surface area contributed by atoms with Crippen molar-refractivity contribution in [2.24, 2.45) is 7.05 Å². The number of rotatable bonds is 4. The third-order valence-corrected chi connectivity index (χ3v) is 10.1. The molecular formula is C38H39N3. The molecule has 3 heteroatoms. The first-order chi connectivity index (χ1) is 20.3. The van der Waals surface area contributed by atoms with Crippen molar-refractivity contribution in [3.05, 3.63) is 96.1 Å². The van der Waals surface area contributed by atoms with E-state index in [1.54, 1.807) is 11.1 Å². The first-order valence-electron chi connectivity index (χ1n) is 15.9. The zero-order valence-corrected chi connectivity index (χ0v) is 24.2. The summed E-state index contributed by atoms with van der Waals surface area (Å²) in [5.41, 5.74) is 10.6. The van der Waals surface area contributed by atoms with E-state index >= 15 is 0 Å². The molecule has 0 saturated heterocycles. The van der Waals surface area contributed by atoms with Gasteiger partial charge in [0, 0.05) is 28.9 Å². The van der Waals surface area contributed by atoms with Gasteiger partial charge in [0.25, 0.3) is 0 Å². The number of nitrogens with zero attached hydrogens (tertiary/aromatic N) is 3. The zero-order valence-electron chi connectivity index (χ0n) is 24.2. The molecule has 41 heavy (non-hydrogen) atoms. The van der Waals surface area contributed by atoms with E-state index < -0.39 is 0 Å². The number of hydrogen-bond donors (Lipinski definition) is 0. The second kappa shape index (κ2) is 10.2. The van der Waals surface area contributed by atoms with E-state index in [0.29, 0.717) is 11.8 Å². The molecule has 206 valence electrons. The van der Waals surface area contributed by atoms with Crippen LogP contribution >= 0.6 is 0 Å². The van der Waals surface area contributed by atoms with Crippen LogP contribution in [0.15, 0.2) is 84.9 Å². The predicted molar refractivity (Wildman–Crippen MR) is 172 cm³/mol. The quantitative estimate of drug-likeness (QED) is 0.219. The molecule has 2 fully saturated rings. The Bertz CT molecular complexity index is 1860. The molecular weight excluding hydrogens is 498 g/mol. The number of aryl methyl sites for hydroxylation is 1. The van der Waals surface area contributed by atoms with Gasteiger partial charge in [-0.2, -0.15) is 0 Å². The van der Waals surface area contributed by atoms with E-state index in [0.717, 1.165) is 11.3 Å². The summed E-state index contributed by atoms with van der Waals surface area (Å²) < 4.78 is 5.03. The number of benzene rings is 4. The summed E-state index contributed by atoms with van der Waals surface area (Å²) >= 11 is 0. The second-order valence-electron chi connectivity index (χ2n) is 12.5. The highest BCUT2D eigenvalue weighted by Crippen LogP contribution is 2.48. The smallest absolute Gasteiger partial charge is 0.145 e. The number of fused-ring (bicyclic) bond motifs is 4. The summed E-state index contributed by atoms with van der Waals surface area (Å²) in [6.07, 6.45) is 13.3. The van der Waals surface area contributed by atoms with Crippen molar-refractivity contribution in [2.75, 3.05) is 0 Å². The van der Waals surface area contributed by atoms with Crippen molar-refractivity contribution in [1.29, 1.82) is 0 Å². The molecule has 6 aromatic rings. The molecule has 2 aliphatic carbocycles.